The summed E-state index contributed by atoms with van der Waals surface area (Å²) in [6.07, 6.45) is 0.853. The van der Waals surface area contributed by atoms with E-state index in [4.69, 9.17) is 9.47 Å². The Morgan fingerprint density at radius 1 is 1.06 bits per heavy atom. The summed E-state index contributed by atoms with van der Waals surface area (Å²) in [5.74, 6) is -0.953. The lowest BCUT2D eigenvalue weighted by molar-refractivity contribution is -0.140. The van der Waals surface area contributed by atoms with Crippen LogP contribution in [0.3, 0.4) is 0 Å². The van der Waals surface area contributed by atoms with Crippen molar-refractivity contribution in [1.82, 2.24) is 4.90 Å². The summed E-state index contributed by atoms with van der Waals surface area (Å²) in [6.45, 7) is 9.45. The molecule has 1 aliphatic rings. The number of aliphatic hydroxyl groups is 1. The molecule has 3 rings (SSSR count). The highest BCUT2D eigenvalue weighted by Crippen LogP contribution is 2.40. The number of benzene rings is 2. The van der Waals surface area contributed by atoms with Crippen molar-refractivity contribution in [2.75, 3.05) is 26.9 Å². The molecule has 2 aromatic carbocycles. The molecule has 1 amide bonds. The summed E-state index contributed by atoms with van der Waals surface area (Å²) in [5.41, 5.74) is 2.38. The van der Waals surface area contributed by atoms with E-state index < -0.39 is 17.7 Å². The van der Waals surface area contributed by atoms with Crippen LogP contribution in [0.1, 0.15) is 56.8 Å². The summed E-state index contributed by atoms with van der Waals surface area (Å²) >= 11 is 0. The third kappa shape index (κ3) is 5.28. The Balaban J connectivity index is 2.10. The third-order valence-electron chi connectivity index (χ3n) is 5.75. The molecule has 1 heterocycles. The second kappa shape index (κ2) is 10.2. The Labute approximate surface area is 195 Å². The number of aliphatic hydroxyl groups excluding tert-OH is 1. The highest BCUT2D eigenvalue weighted by molar-refractivity contribution is 6.46. The van der Waals surface area contributed by atoms with Gasteiger partial charge in [-0.25, -0.2) is 0 Å². The van der Waals surface area contributed by atoms with Crippen molar-refractivity contribution in [3.8, 4) is 5.75 Å². The van der Waals surface area contributed by atoms with Crippen molar-refractivity contribution in [3.05, 3.63) is 70.8 Å². The van der Waals surface area contributed by atoms with Gasteiger partial charge in [-0.15, -0.1) is 0 Å². The van der Waals surface area contributed by atoms with Gasteiger partial charge in [0.15, 0.2) is 0 Å². The zero-order valence-corrected chi connectivity index (χ0v) is 20.1. The Hall–Kier alpha value is -3.12. The van der Waals surface area contributed by atoms with Gasteiger partial charge < -0.3 is 19.5 Å². The SMILES string of the molecule is CCCOc1cccc(C(O)=C2C(=O)C(=O)N(CCOC)C2c2ccc(C(C)(C)C)cc2)c1. The number of nitrogens with zero attached hydrogens (tertiary/aromatic N) is 1. The molecule has 6 heteroatoms. The van der Waals surface area contributed by atoms with Crippen molar-refractivity contribution < 1.29 is 24.2 Å². The van der Waals surface area contributed by atoms with E-state index in [1.807, 2.05) is 31.2 Å². The van der Waals surface area contributed by atoms with Gasteiger partial charge in [-0.1, -0.05) is 64.1 Å². The summed E-state index contributed by atoms with van der Waals surface area (Å²) < 4.78 is 10.8. The van der Waals surface area contributed by atoms with E-state index in [2.05, 4.69) is 20.8 Å². The van der Waals surface area contributed by atoms with Crippen LogP contribution in [0.5, 0.6) is 5.75 Å². The molecule has 0 saturated carbocycles. The van der Waals surface area contributed by atoms with Crippen molar-refractivity contribution in [1.29, 1.82) is 0 Å². The van der Waals surface area contributed by atoms with E-state index in [1.54, 1.807) is 31.4 Å². The molecule has 0 bridgehead atoms. The molecule has 1 unspecified atom stereocenters. The van der Waals surface area contributed by atoms with Crippen LogP contribution in [0.25, 0.3) is 5.76 Å². The molecule has 0 radical (unpaired) electrons. The van der Waals surface area contributed by atoms with Gasteiger partial charge in [-0.05, 0) is 35.1 Å². The molecule has 0 aromatic heterocycles. The molecule has 33 heavy (non-hydrogen) atoms. The zero-order valence-electron chi connectivity index (χ0n) is 20.1. The zero-order chi connectivity index (χ0) is 24.2. The Bertz CT molecular complexity index is 1030. The van der Waals surface area contributed by atoms with Crippen LogP contribution in [-0.4, -0.2) is 48.6 Å². The molecule has 1 atom stereocenters. The molecule has 1 N–H and O–H groups in total. The maximum absolute atomic E-state index is 13.1. The largest absolute Gasteiger partial charge is 0.507 e. The summed E-state index contributed by atoms with van der Waals surface area (Å²) in [6, 6.07) is 14.1. The van der Waals surface area contributed by atoms with Crippen molar-refractivity contribution in [3.63, 3.8) is 0 Å². The smallest absolute Gasteiger partial charge is 0.295 e. The van der Waals surface area contributed by atoms with E-state index in [1.165, 1.54) is 4.90 Å². The first-order valence-electron chi connectivity index (χ1n) is 11.3. The summed E-state index contributed by atoms with van der Waals surface area (Å²) in [5, 5.41) is 11.2. The molecule has 1 saturated heterocycles. The van der Waals surface area contributed by atoms with Gasteiger partial charge in [0, 0.05) is 19.2 Å². The van der Waals surface area contributed by atoms with Crippen LogP contribution < -0.4 is 4.74 Å². The van der Waals surface area contributed by atoms with Gasteiger partial charge in [-0.3, -0.25) is 9.59 Å². The standard InChI is InChI=1S/C27H33NO5/c1-6-15-33-21-9-7-8-19(17-21)24(29)22-23(28(14-16-32-5)26(31)25(22)30)18-10-12-20(13-11-18)27(2,3)4/h7-13,17,23,29H,6,14-16H2,1-5H3. The monoisotopic (exact) mass is 451 g/mol. The van der Waals surface area contributed by atoms with Gasteiger partial charge in [0.2, 0.25) is 0 Å². The molecular formula is C27H33NO5. The summed E-state index contributed by atoms with van der Waals surface area (Å²) in [4.78, 5) is 27.5. The number of methoxy groups -OCH3 is 1. The number of amides is 1. The highest BCUT2D eigenvalue weighted by Gasteiger charge is 2.45. The predicted octanol–water partition coefficient (Wildman–Crippen LogP) is 4.84. The average molecular weight is 452 g/mol. The van der Waals surface area contributed by atoms with Crippen molar-refractivity contribution in [2.45, 2.75) is 45.6 Å². The van der Waals surface area contributed by atoms with Gasteiger partial charge in [0.05, 0.1) is 24.8 Å². The molecule has 0 spiro atoms. The molecule has 1 fully saturated rings. The molecule has 6 nitrogen and oxygen atoms in total. The number of rotatable bonds is 8. The first-order valence-corrected chi connectivity index (χ1v) is 11.3. The van der Waals surface area contributed by atoms with Gasteiger partial charge in [0.25, 0.3) is 11.7 Å². The third-order valence-corrected chi connectivity index (χ3v) is 5.75. The van der Waals surface area contributed by atoms with Crippen LogP contribution in [0.2, 0.25) is 0 Å². The van der Waals surface area contributed by atoms with Crippen LogP contribution in [-0.2, 0) is 19.7 Å². The molecular weight excluding hydrogens is 418 g/mol. The molecule has 2 aromatic rings. The van der Waals surface area contributed by atoms with Crippen LogP contribution in [0, 0.1) is 0 Å². The Morgan fingerprint density at radius 3 is 2.36 bits per heavy atom. The van der Waals surface area contributed by atoms with Gasteiger partial charge in [-0.2, -0.15) is 0 Å². The number of likely N-dealkylation sites (tertiary alicyclic amines) is 1. The normalized spacial score (nSPS) is 18.1. The van der Waals surface area contributed by atoms with Crippen molar-refractivity contribution >= 4 is 17.4 Å². The number of hydrogen-bond donors (Lipinski definition) is 1. The fourth-order valence-electron chi connectivity index (χ4n) is 3.92. The highest BCUT2D eigenvalue weighted by atomic mass is 16.5. The second-order valence-corrected chi connectivity index (χ2v) is 9.23. The lowest BCUT2D eigenvalue weighted by Crippen LogP contribution is -2.32. The maximum Gasteiger partial charge on any atom is 0.295 e. The van der Waals surface area contributed by atoms with Gasteiger partial charge in [0.1, 0.15) is 11.5 Å². The van der Waals surface area contributed by atoms with E-state index in [0.717, 1.165) is 17.5 Å². The number of carbonyl (C=O) groups is 2. The maximum atomic E-state index is 13.1. The first kappa shape index (κ1) is 24.5. The van der Waals surface area contributed by atoms with E-state index in [-0.39, 0.29) is 29.9 Å². The van der Waals surface area contributed by atoms with Crippen LogP contribution in [0.15, 0.2) is 54.1 Å². The minimum atomic E-state index is -0.701. The van der Waals surface area contributed by atoms with E-state index in [0.29, 0.717) is 17.9 Å². The number of hydrogen-bond acceptors (Lipinski definition) is 5. The fourth-order valence-corrected chi connectivity index (χ4v) is 3.92. The minimum absolute atomic E-state index is 0.0324. The van der Waals surface area contributed by atoms with E-state index >= 15 is 0 Å². The lowest BCUT2D eigenvalue weighted by Gasteiger charge is -2.26. The van der Waals surface area contributed by atoms with Crippen LogP contribution >= 0.6 is 0 Å². The molecule has 0 aliphatic carbocycles. The average Bonchev–Trinajstić information content (AvgIpc) is 3.05. The quantitative estimate of drug-likeness (QED) is 0.353. The molecule has 1 aliphatic heterocycles. The number of ketones is 1. The lowest BCUT2D eigenvalue weighted by atomic mass is 9.85. The first-order chi connectivity index (χ1) is 15.7. The van der Waals surface area contributed by atoms with Crippen LogP contribution in [0.4, 0.5) is 0 Å². The van der Waals surface area contributed by atoms with Crippen molar-refractivity contribution in [2.24, 2.45) is 0 Å². The fraction of sp³-hybridized carbons (Fsp3) is 0.407. The number of carbonyl (C=O) groups excluding carboxylic acids is 2. The Morgan fingerprint density at radius 2 is 1.76 bits per heavy atom. The topological polar surface area (TPSA) is 76.1 Å². The Kier molecular flexibility index (Phi) is 7.59. The second-order valence-electron chi connectivity index (χ2n) is 9.23. The minimum Gasteiger partial charge on any atom is -0.507 e. The van der Waals surface area contributed by atoms with E-state index in [9.17, 15) is 14.7 Å². The molecule has 176 valence electrons. The number of Topliss-reactive ketones (excluding diaryl/α,β-unsaturated/α-hetero) is 1. The predicted molar refractivity (Wildman–Crippen MR) is 128 cm³/mol. The summed E-state index contributed by atoms with van der Waals surface area (Å²) in [7, 11) is 1.55. The van der Waals surface area contributed by atoms with Gasteiger partial charge >= 0.3 is 0 Å². The number of ether oxygens (including phenoxy) is 2.